The lowest BCUT2D eigenvalue weighted by Gasteiger charge is -1.95. The molecule has 5 nitrogen and oxygen atoms in total. The third-order valence-electron chi connectivity index (χ3n) is 2.48. The van der Waals surface area contributed by atoms with Crippen LogP contribution < -0.4 is 5.32 Å². The second kappa shape index (κ2) is 4.23. The number of carbonyl (C=O) groups excluding carboxylic acids is 1. The van der Waals surface area contributed by atoms with E-state index in [-0.39, 0.29) is 11.7 Å². The van der Waals surface area contributed by atoms with Crippen molar-refractivity contribution in [2.75, 3.05) is 5.32 Å². The highest BCUT2D eigenvalue weighted by Gasteiger charge is 2.13. The molecule has 90 valence electrons. The Kier molecular flexibility index (Phi) is 2.56. The smallest absolute Gasteiger partial charge is 0.293 e. The monoisotopic (exact) mass is 259 g/mol. The lowest BCUT2D eigenvalue weighted by Crippen LogP contribution is -2.10. The van der Waals surface area contributed by atoms with E-state index < -0.39 is 0 Å². The average molecular weight is 259 g/mol. The van der Waals surface area contributed by atoms with E-state index in [1.807, 2.05) is 25.1 Å². The van der Waals surface area contributed by atoms with E-state index in [0.29, 0.717) is 10.7 Å². The Labute approximate surface area is 106 Å². The summed E-state index contributed by atoms with van der Waals surface area (Å²) in [6.07, 6.45) is 0. The van der Waals surface area contributed by atoms with Crippen molar-refractivity contribution < 1.29 is 9.21 Å². The maximum Gasteiger partial charge on any atom is 0.293 e. The van der Waals surface area contributed by atoms with Crippen LogP contribution in [0.3, 0.4) is 0 Å². The van der Waals surface area contributed by atoms with Gasteiger partial charge in [-0.1, -0.05) is 23.0 Å². The molecule has 1 N–H and O–H groups in total. The Morgan fingerprint density at radius 3 is 3.06 bits per heavy atom. The highest BCUT2D eigenvalue weighted by Crippen LogP contribution is 2.21. The minimum atomic E-state index is -0.319. The Hall–Kier alpha value is -2.21. The number of anilines is 1. The summed E-state index contributed by atoms with van der Waals surface area (Å²) in [6.45, 7) is 1.99. The van der Waals surface area contributed by atoms with Gasteiger partial charge >= 0.3 is 0 Å². The van der Waals surface area contributed by atoms with E-state index in [9.17, 15) is 4.79 Å². The van der Waals surface area contributed by atoms with Crippen molar-refractivity contribution >= 4 is 33.3 Å². The van der Waals surface area contributed by atoms with Crippen molar-refractivity contribution in [3.8, 4) is 0 Å². The van der Waals surface area contributed by atoms with Gasteiger partial charge in [-0.3, -0.25) is 10.1 Å². The lowest BCUT2D eigenvalue weighted by atomic mass is 10.2. The molecule has 0 aliphatic heterocycles. The summed E-state index contributed by atoms with van der Waals surface area (Å²) < 4.78 is 5.48. The van der Waals surface area contributed by atoms with Gasteiger partial charge in [0.25, 0.3) is 5.91 Å². The molecule has 0 aliphatic rings. The number of aryl methyl sites for hydroxylation is 1. The molecule has 0 radical (unpaired) electrons. The van der Waals surface area contributed by atoms with Crippen molar-refractivity contribution in [3.05, 3.63) is 41.1 Å². The van der Waals surface area contributed by atoms with Gasteiger partial charge in [0.15, 0.2) is 5.76 Å². The molecule has 0 atom stereocenters. The fraction of sp³-hybridized carbons (Fsp3) is 0.0833. The van der Waals surface area contributed by atoms with Gasteiger partial charge in [-0.2, -0.15) is 0 Å². The molecule has 18 heavy (non-hydrogen) atoms. The number of hydrogen-bond acceptors (Lipinski definition) is 5. The molecule has 0 unspecified atom stereocenters. The summed E-state index contributed by atoms with van der Waals surface area (Å²) in [6, 6.07) is 7.49. The summed E-state index contributed by atoms with van der Waals surface area (Å²) in [5.41, 5.74) is 3.37. The van der Waals surface area contributed by atoms with Crippen LogP contribution >= 0.6 is 11.3 Å². The number of amides is 1. The lowest BCUT2D eigenvalue weighted by molar-refractivity contribution is 0.0998. The number of furan rings is 1. The molecule has 0 aliphatic carbocycles. The Balaban J connectivity index is 1.92. The van der Waals surface area contributed by atoms with Crippen molar-refractivity contribution in [1.29, 1.82) is 0 Å². The Morgan fingerprint density at radius 1 is 1.39 bits per heavy atom. The number of hydrogen-bond donors (Lipinski definition) is 1. The second-order valence-corrected chi connectivity index (χ2v) is 4.68. The van der Waals surface area contributed by atoms with Gasteiger partial charge < -0.3 is 4.42 Å². The molecule has 3 aromatic rings. The minimum Gasteiger partial charge on any atom is -0.451 e. The van der Waals surface area contributed by atoms with Crippen LogP contribution in [0.15, 0.2) is 34.2 Å². The number of nitrogens with one attached hydrogen (secondary N) is 1. The fourth-order valence-corrected chi connectivity index (χ4v) is 2.10. The van der Waals surface area contributed by atoms with E-state index in [0.717, 1.165) is 10.9 Å². The van der Waals surface area contributed by atoms with Gasteiger partial charge in [-0.05, 0) is 25.1 Å². The summed E-state index contributed by atoms with van der Waals surface area (Å²) in [7, 11) is 0. The summed E-state index contributed by atoms with van der Waals surface area (Å²) >= 11 is 1.26. The number of nitrogens with zero attached hydrogens (tertiary/aromatic N) is 2. The molecule has 0 bridgehead atoms. The van der Waals surface area contributed by atoms with E-state index in [1.54, 1.807) is 11.6 Å². The number of rotatable bonds is 2. The summed E-state index contributed by atoms with van der Waals surface area (Å²) in [5.74, 6) is -0.0496. The first-order chi connectivity index (χ1) is 8.72. The highest BCUT2D eigenvalue weighted by molar-refractivity contribution is 7.13. The molecule has 3 rings (SSSR count). The number of carbonyl (C=O) groups is 1. The van der Waals surface area contributed by atoms with Crippen LogP contribution in [0.2, 0.25) is 0 Å². The normalized spacial score (nSPS) is 10.7. The van der Waals surface area contributed by atoms with Crippen molar-refractivity contribution in [2.24, 2.45) is 0 Å². The number of aromatic nitrogens is 2. The van der Waals surface area contributed by atoms with Gasteiger partial charge in [0.05, 0.1) is 0 Å². The number of benzene rings is 1. The van der Waals surface area contributed by atoms with E-state index in [4.69, 9.17) is 4.42 Å². The van der Waals surface area contributed by atoms with Crippen LogP contribution in [0, 0.1) is 6.92 Å². The molecule has 1 amide bonds. The molecule has 6 heteroatoms. The first kappa shape index (κ1) is 10.9. The zero-order valence-corrected chi connectivity index (χ0v) is 10.3. The first-order valence-electron chi connectivity index (χ1n) is 5.30. The molecule has 1 aromatic carbocycles. The third-order valence-corrected chi connectivity index (χ3v) is 3.08. The molecule has 2 heterocycles. The Morgan fingerprint density at radius 2 is 2.28 bits per heavy atom. The van der Waals surface area contributed by atoms with Gasteiger partial charge in [0.1, 0.15) is 11.1 Å². The predicted molar refractivity (Wildman–Crippen MR) is 68.8 cm³/mol. The summed E-state index contributed by atoms with van der Waals surface area (Å²) in [5, 5.41) is 11.4. The van der Waals surface area contributed by atoms with E-state index in [1.165, 1.54) is 11.3 Å². The summed E-state index contributed by atoms with van der Waals surface area (Å²) in [4.78, 5) is 11.9. The average Bonchev–Trinajstić information content (AvgIpc) is 2.96. The van der Waals surface area contributed by atoms with Gasteiger partial charge in [0.2, 0.25) is 5.13 Å². The fourth-order valence-electron chi connectivity index (χ4n) is 1.66. The second-order valence-electron chi connectivity index (χ2n) is 3.85. The van der Waals surface area contributed by atoms with Gasteiger partial charge in [0, 0.05) is 5.39 Å². The van der Waals surface area contributed by atoms with E-state index in [2.05, 4.69) is 15.5 Å². The zero-order chi connectivity index (χ0) is 12.5. The van der Waals surface area contributed by atoms with Crippen molar-refractivity contribution in [1.82, 2.24) is 10.2 Å². The number of fused-ring (bicyclic) bond motifs is 1. The zero-order valence-electron chi connectivity index (χ0n) is 9.51. The standard InChI is InChI=1S/C12H9N3O2S/c1-7-2-3-9-8(4-7)5-10(17-9)11(16)14-12-15-13-6-18-12/h2-6H,1H3,(H,14,15,16). The van der Waals surface area contributed by atoms with Crippen LogP contribution in [0.5, 0.6) is 0 Å². The molecular formula is C12H9N3O2S. The topological polar surface area (TPSA) is 68.0 Å². The maximum absolute atomic E-state index is 11.9. The van der Waals surface area contributed by atoms with Crippen molar-refractivity contribution in [2.45, 2.75) is 6.92 Å². The van der Waals surface area contributed by atoms with Crippen LogP contribution in [-0.2, 0) is 0 Å². The minimum absolute atomic E-state index is 0.269. The van der Waals surface area contributed by atoms with Crippen LogP contribution in [0.1, 0.15) is 16.1 Å². The highest BCUT2D eigenvalue weighted by atomic mass is 32.1. The van der Waals surface area contributed by atoms with Crippen molar-refractivity contribution in [3.63, 3.8) is 0 Å². The van der Waals surface area contributed by atoms with Gasteiger partial charge in [-0.15, -0.1) is 10.2 Å². The van der Waals surface area contributed by atoms with Crippen LogP contribution in [0.25, 0.3) is 11.0 Å². The molecule has 0 fully saturated rings. The quantitative estimate of drug-likeness (QED) is 0.768. The van der Waals surface area contributed by atoms with Crippen LogP contribution in [-0.4, -0.2) is 16.1 Å². The first-order valence-corrected chi connectivity index (χ1v) is 6.18. The maximum atomic E-state index is 11.9. The molecule has 2 aromatic heterocycles. The van der Waals surface area contributed by atoms with Gasteiger partial charge in [-0.25, -0.2) is 0 Å². The SMILES string of the molecule is Cc1ccc2oc(C(=O)Nc3nncs3)cc2c1. The Bertz CT molecular complexity index is 703. The molecule has 0 spiro atoms. The predicted octanol–water partition coefficient (Wildman–Crippen LogP) is 2.85. The van der Waals surface area contributed by atoms with Crippen LogP contribution in [0.4, 0.5) is 5.13 Å². The molecule has 0 saturated carbocycles. The third kappa shape index (κ3) is 1.98. The largest absolute Gasteiger partial charge is 0.451 e. The molecular weight excluding hydrogens is 250 g/mol. The van der Waals surface area contributed by atoms with E-state index >= 15 is 0 Å². The molecule has 0 saturated heterocycles.